The van der Waals surface area contributed by atoms with E-state index in [4.69, 9.17) is 5.53 Å². The van der Waals surface area contributed by atoms with Gasteiger partial charge in [-0.15, -0.1) is 0 Å². The molecule has 30 heavy (non-hydrogen) atoms. The summed E-state index contributed by atoms with van der Waals surface area (Å²) in [5, 5.41) is 12.7. The first-order valence-electron chi connectivity index (χ1n) is 9.09. The largest absolute Gasteiger partial charge is 0.478 e. The molecule has 1 aliphatic rings. The number of rotatable bonds is 4. The predicted octanol–water partition coefficient (Wildman–Crippen LogP) is 5.26. The van der Waals surface area contributed by atoms with Gasteiger partial charge in [-0.2, -0.15) is 13.2 Å². The molecule has 7 nitrogen and oxygen atoms in total. The van der Waals surface area contributed by atoms with Crippen molar-refractivity contribution in [3.8, 4) is 11.1 Å². The molecule has 0 bridgehead atoms. The Labute approximate surface area is 169 Å². The van der Waals surface area contributed by atoms with E-state index in [9.17, 15) is 27.9 Å². The molecule has 2 aromatic carbocycles. The SMILES string of the molecule is [N-]=[N+]=Nc1cc(C(=O)O)cc(-c2ccc(C3CCN(C(=O)C(F)(F)F)CC3)cc2)c1. The molecule has 1 saturated heterocycles. The van der Waals surface area contributed by atoms with E-state index < -0.39 is 18.1 Å². The van der Waals surface area contributed by atoms with Crippen LogP contribution >= 0.6 is 0 Å². The maximum absolute atomic E-state index is 12.6. The van der Waals surface area contributed by atoms with E-state index in [1.54, 1.807) is 18.2 Å². The van der Waals surface area contributed by atoms with Crippen LogP contribution in [-0.2, 0) is 4.79 Å². The lowest BCUT2D eigenvalue weighted by Crippen LogP contribution is -2.45. The number of likely N-dealkylation sites (tertiary alicyclic amines) is 1. The topological polar surface area (TPSA) is 106 Å². The molecular weight excluding hydrogens is 401 g/mol. The van der Waals surface area contributed by atoms with Crippen LogP contribution in [0.4, 0.5) is 18.9 Å². The van der Waals surface area contributed by atoms with Crippen LogP contribution in [0.1, 0.15) is 34.7 Å². The lowest BCUT2D eigenvalue weighted by Gasteiger charge is -2.32. The van der Waals surface area contributed by atoms with Crippen molar-refractivity contribution in [3.63, 3.8) is 0 Å². The van der Waals surface area contributed by atoms with Gasteiger partial charge in [-0.25, -0.2) is 4.79 Å². The molecule has 1 N–H and O–H groups in total. The maximum Gasteiger partial charge on any atom is 0.471 e. The van der Waals surface area contributed by atoms with Crippen LogP contribution in [0.15, 0.2) is 47.6 Å². The molecule has 0 radical (unpaired) electrons. The summed E-state index contributed by atoms with van der Waals surface area (Å²) in [4.78, 5) is 26.2. The van der Waals surface area contributed by atoms with Gasteiger partial charge >= 0.3 is 18.1 Å². The molecule has 10 heteroatoms. The van der Waals surface area contributed by atoms with Gasteiger partial charge < -0.3 is 10.0 Å². The van der Waals surface area contributed by atoms with E-state index in [1.807, 2.05) is 12.1 Å². The normalized spacial score (nSPS) is 14.8. The Hall–Kier alpha value is -3.52. The molecule has 0 unspecified atom stereocenters. The summed E-state index contributed by atoms with van der Waals surface area (Å²) in [6.45, 7) is 0.0852. The number of amides is 1. The monoisotopic (exact) mass is 418 g/mol. The van der Waals surface area contributed by atoms with E-state index in [1.165, 1.54) is 12.1 Å². The van der Waals surface area contributed by atoms with Crippen molar-refractivity contribution in [2.75, 3.05) is 13.1 Å². The number of piperidine rings is 1. The van der Waals surface area contributed by atoms with Crippen LogP contribution in [-0.4, -0.2) is 41.1 Å². The molecule has 1 fully saturated rings. The Balaban J connectivity index is 1.76. The molecule has 0 spiro atoms. The van der Waals surface area contributed by atoms with Gasteiger partial charge in [0.2, 0.25) is 0 Å². The number of alkyl halides is 3. The smallest absolute Gasteiger partial charge is 0.471 e. The zero-order valence-electron chi connectivity index (χ0n) is 15.6. The van der Waals surface area contributed by atoms with Crippen LogP contribution in [0.25, 0.3) is 21.6 Å². The number of aromatic carboxylic acids is 1. The number of carbonyl (C=O) groups is 2. The van der Waals surface area contributed by atoms with Crippen LogP contribution in [0.3, 0.4) is 0 Å². The molecular formula is C20H17F3N4O3. The van der Waals surface area contributed by atoms with E-state index in [0.29, 0.717) is 24.0 Å². The summed E-state index contributed by atoms with van der Waals surface area (Å²) in [5.41, 5.74) is 11.0. The molecule has 1 aliphatic heterocycles. The minimum atomic E-state index is -4.85. The highest BCUT2D eigenvalue weighted by molar-refractivity contribution is 5.91. The highest BCUT2D eigenvalue weighted by atomic mass is 19.4. The number of nitrogens with zero attached hydrogens (tertiary/aromatic N) is 4. The van der Waals surface area contributed by atoms with E-state index in [-0.39, 0.29) is 30.3 Å². The fourth-order valence-electron chi connectivity index (χ4n) is 3.55. The summed E-state index contributed by atoms with van der Waals surface area (Å²) < 4.78 is 37.7. The van der Waals surface area contributed by atoms with Crippen molar-refractivity contribution in [3.05, 3.63) is 64.0 Å². The van der Waals surface area contributed by atoms with E-state index in [2.05, 4.69) is 10.0 Å². The summed E-state index contributed by atoms with van der Waals surface area (Å²) in [5.74, 6) is -2.92. The third kappa shape index (κ3) is 4.72. The van der Waals surface area contributed by atoms with Crippen molar-refractivity contribution < 1.29 is 27.9 Å². The third-order valence-electron chi connectivity index (χ3n) is 5.07. The van der Waals surface area contributed by atoms with Gasteiger partial charge in [-0.05, 0) is 59.2 Å². The molecule has 0 aromatic heterocycles. The number of hydrogen-bond acceptors (Lipinski definition) is 3. The summed E-state index contributed by atoms with van der Waals surface area (Å²) >= 11 is 0. The third-order valence-corrected chi connectivity index (χ3v) is 5.07. The Kier molecular flexibility index (Phi) is 5.98. The lowest BCUT2D eigenvalue weighted by atomic mass is 9.88. The van der Waals surface area contributed by atoms with Crippen LogP contribution in [0.2, 0.25) is 0 Å². The van der Waals surface area contributed by atoms with Gasteiger partial charge in [0.15, 0.2) is 0 Å². The summed E-state index contributed by atoms with van der Waals surface area (Å²) in [6.07, 6.45) is -4.00. The quantitative estimate of drug-likeness (QED) is 0.416. The van der Waals surface area contributed by atoms with Crippen LogP contribution < -0.4 is 0 Å². The van der Waals surface area contributed by atoms with Crippen molar-refractivity contribution in [2.24, 2.45) is 5.11 Å². The highest BCUT2D eigenvalue weighted by Gasteiger charge is 2.43. The Morgan fingerprint density at radius 2 is 1.70 bits per heavy atom. The number of halogens is 3. The number of carboxylic acids is 1. The van der Waals surface area contributed by atoms with E-state index in [0.717, 1.165) is 10.5 Å². The average Bonchev–Trinajstić information content (AvgIpc) is 2.73. The summed E-state index contributed by atoms with van der Waals surface area (Å²) in [6, 6.07) is 11.5. The summed E-state index contributed by atoms with van der Waals surface area (Å²) in [7, 11) is 0. The van der Waals surface area contributed by atoms with Crippen molar-refractivity contribution in [2.45, 2.75) is 24.9 Å². The molecule has 1 heterocycles. The second-order valence-electron chi connectivity index (χ2n) is 6.95. The van der Waals surface area contributed by atoms with Crippen molar-refractivity contribution in [1.29, 1.82) is 0 Å². The first kappa shape index (κ1) is 21.2. The maximum atomic E-state index is 12.6. The molecule has 1 amide bonds. The van der Waals surface area contributed by atoms with Gasteiger partial charge in [0.1, 0.15) is 0 Å². The average molecular weight is 418 g/mol. The fourth-order valence-corrected chi connectivity index (χ4v) is 3.55. The molecule has 0 atom stereocenters. The number of azide groups is 1. The second-order valence-corrected chi connectivity index (χ2v) is 6.95. The molecule has 0 aliphatic carbocycles. The number of carbonyl (C=O) groups excluding carboxylic acids is 1. The second kappa shape index (κ2) is 8.46. The number of hydrogen-bond donors (Lipinski definition) is 1. The highest BCUT2D eigenvalue weighted by Crippen LogP contribution is 2.32. The number of benzene rings is 2. The zero-order valence-corrected chi connectivity index (χ0v) is 15.6. The Morgan fingerprint density at radius 3 is 2.23 bits per heavy atom. The standard InChI is InChI=1S/C20H17F3N4O3/c21-20(22,23)19(30)27-7-5-14(6-8-27)12-1-3-13(4-2-12)15-9-16(18(28)29)11-17(10-15)25-26-24/h1-4,9-11,14H,5-8H2,(H,28,29). The zero-order chi connectivity index (χ0) is 21.9. The van der Waals surface area contributed by atoms with E-state index >= 15 is 0 Å². The first-order valence-corrected chi connectivity index (χ1v) is 9.09. The van der Waals surface area contributed by atoms with Gasteiger partial charge in [-0.1, -0.05) is 29.4 Å². The first-order chi connectivity index (χ1) is 14.2. The molecule has 2 aromatic rings. The Bertz CT molecular complexity index is 987. The lowest BCUT2D eigenvalue weighted by molar-refractivity contribution is -0.186. The van der Waals surface area contributed by atoms with Gasteiger partial charge in [0.05, 0.1) is 5.56 Å². The van der Waals surface area contributed by atoms with Crippen molar-refractivity contribution in [1.82, 2.24) is 4.90 Å². The van der Waals surface area contributed by atoms with Gasteiger partial charge in [0, 0.05) is 23.7 Å². The Morgan fingerprint density at radius 1 is 1.07 bits per heavy atom. The minimum Gasteiger partial charge on any atom is -0.478 e. The number of carboxylic acid groups (broad SMARTS) is 1. The van der Waals surface area contributed by atoms with Crippen LogP contribution in [0, 0.1) is 0 Å². The fraction of sp³-hybridized carbons (Fsp3) is 0.300. The van der Waals surface area contributed by atoms with Gasteiger partial charge in [0.25, 0.3) is 0 Å². The molecule has 0 saturated carbocycles. The molecule has 3 rings (SSSR count). The predicted molar refractivity (Wildman–Crippen MR) is 102 cm³/mol. The van der Waals surface area contributed by atoms with Crippen LogP contribution in [0.5, 0.6) is 0 Å². The van der Waals surface area contributed by atoms with Crippen molar-refractivity contribution >= 4 is 17.6 Å². The minimum absolute atomic E-state index is 0.0133. The molecule has 156 valence electrons. The van der Waals surface area contributed by atoms with Gasteiger partial charge in [-0.3, -0.25) is 4.79 Å².